The van der Waals surface area contributed by atoms with Crippen molar-refractivity contribution in [2.24, 2.45) is 45.7 Å². The second-order valence-corrected chi connectivity index (χ2v) is 5.49. The largest absolute Gasteiger partial charge is 0.190 e. The average Bonchev–Trinajstić information content (AvgIpc) is 2.46. The molecule has 4 fully saturated rings. The Kier molecular flexibility index (Phi) is 0.572. The lowest BCUT2D eigenvalue weighted by molar-refractivity contribution is -0.00483. The summed E-state index contributed by atoms with van der Waals surface area (Å²) >= 11 is 0. The third kappa shape index (κ3) is 0.301. The van der Waals surface area contributed by atoms with Crippen LogP contribution >= 0.6 is 0 Å². The predicted molar refractivity (Wildman–Crippen MR) is 42.6 cm³/mol. The van der Waals surface area contributed by atoms with Crippen LogP contribution in [-0.2, 0) is 0 Å². The normalized spacial score (nSPS) is 78.7. The molecule has 6 rings (SSSR count). The summed E-state index contributed by atoms with van der Waals surface area (Å²) in [7, 11) is 0. The molecule has 62 valence electrons. The lowest BCUT2D eigenvalue weighted by atomic mass is 9.57. The molecule has 6 bridgehead atoms. The van der Waals surface area contributed by atoms with Crippen molar-refractivity contribution in [2.75, 3.05) is 0 Å². The fourth-order valence-electron chi connectivity index (χ4n) is 5.44. The zero-order valence-electron chi connectivity index (χ0n) is 6.93. The van der Waals surface area contributed by atoms with Crippen molar-refractivity contribution in [1.29, 1.82) is 0 Å². The number of nitrogens with zero attached hydrogens (tertiary/aromatic N) is 2. The number of fused-ring (bicyclic) bond motifs is 1. The van der Waals surface area contributed by atoms with E-state index in [1.807, 2.05) is 0 Å². The first kappa shape index (κ1) is 5.36. The van der Waals surface area contributed by atoms with Gasteiger partial charge in [-0.05, 0) is 48.3 Å². The van der Waals surface area contributed by atoms with Gasteiger partial charge in [0.2, 0.25) is 0 Å². The molecule has 2 heterocycles. The monoisotopic (exact) mass is 160 g/mol. The molecule has 0 spiro atoms. The lowest BCUT2D eigenvalue weighted by Crippen LogP contribution is -2.52. The van der Waals surface area contributed by atoms with Gasteiger partial charge in [-0.3, -0.25) is 0 Å². The van der Waals surface area contributed by atoms with Crippen molar-refractivity contribution in [1.82, 2.24) is 0 Å². The van der Waals surface area contributed by atoms with Gasteiger partial charge in [0, 0.05) is 0 Å². The van der Waals surface area contributed by atoms with Gasteiger partial charge in [0.25, 0.3) is 0 Å². The highest BCUT2D eigenvalue weighted by atomic mass is 15.2. The summed E-state index contributed by atoms with van der Waals surface area (Å²) in [5.74, 6) is 6.20. The summed E-state index contributed by atoms with van der Waals surface area (Å²) in [6.07, 6.45) is 3.05. The van der Waals surface area contributed by atoms with Crippen LogP contribution in [-0.4, -0.2) is 12.1 Å². The minimum absolute atomic E-state index is 0.703. The third-order valence-electron chi connectivity index (χ3n) is 5.62. The second kappa shape index (κ2) is 1.28. The molecule has 2 aliphatic heterocycles. The fourth-order valence-corrected chi connectivity index (χ4v) is 5.44. The molecule has 0 aromatic carbocycles. The van der Waals surface area contributed by atoms with Crippen LogP contribution in [0.2, 0.25) is 0 Å². The summed E-state index contributed by atoms with van der Waals surface area (Å²) < 4.78 is 0. The van der Waals surface area contributed by atoms with E-state index in [9.17, 15) is 0 Å². The number of hydrogen-bond donors (Lipinski definition) is 0. The van der Waals surface area contributed by atoms with E-state index in [2.05, 4.69) is 10.2 Å². The van der Waals surface area contributed by atoms with E-state index in [1.54, 1.807) is 0 Å². The zero-order valence-corrected chi connectivity index (χ0v) is 6.93. The molecule has 8 atom stereocenters. The summed E-state index contributed by atoms with van der Waals surface area (Å²) in [6.45, 7) is 0. The van der Waals surface area contributed by atoms with Crippen LogP contribution in [0.5, 0.6) is 0 Å². The van der Waals surface area contributed by atoms with E-state index < -0.39 is 0 Å². The van der Waals surface area contributed by atoms with Gasteiger partial charge < -0.3 is 0 Å². The summed E-state index contributed by atoms with van der Waals surface area (Å²) in [5, 5.41) is 9.01. The highest BCUT2D eigenvalue weighted by Crippen LogP contribution is 2.75. The maximum atomic E-state index is 4.51. The predicted octanol–water partition coefficient (Wildman–Crippen LogP) is 1.72. The molecule has 0 saturated heterocycles. The van der Waals surface area contributed by atoms with Crippen molar-refractivity contribution in [3.05, 3.63) is 0 Å². The number of rotatable bonds is 0. The lowest BCUT2D eigenvalue weighted by Gasteiger charge is -2.50. The molecular formula is C10H12N2. The molecule has 8 unspecified atom stereocenters. The van der Waals surface area contributed by atoms with Gasteiger partial charge in [0.15, 0.2) is 0 Å². The maximum absolute atomic E-state index is 4.51. The van der Waals surface area contributed by atoms with E-state index in [-0.39, 0.29) is 0 Å². The van der Waals surface area contributed by atoms with Crippen molar-refractivity contribution in [2.45, 2.75) is 24.9 Å². The van der Waals surface area contributed by atoms with Gasteiger partial charge in [0.05, 0.1) is 12.1 Å². The van der Waals surface area contributed by atoms with Crippen LogP contribution in [0.25, 0.3) is 0 Å². The maximum Gasteiger partial charge on any atom is 0.0774 e. The second-order valence-electron chi connectivity index (χ2n) is 5.49. The Morgan fingerprint density at radius 1 is 0.667 bits per heavy atom. The first-order chi connectivity index (χ1) is 5.95. The molecule has 6 aliphatic rings. The van der Waals surface area contributed by atoms with Crippen molar-refractivity contribution in [3.63, 3.8) is 0 Å². The van der Waals surface area contributed by atoms with Crippen molar-refractivity contribution < 1.29 is 0 Å². The molecule has 4 saturated carbocycles. The Labute approximate surface area is 71.4 Å². The Bertz CT molecular complexity index is 273. The summed E-state index contributed by atoms with van der Waals surface area (Å²) in [4.78, 5) is 0. The van der Waals surface area contributed by atoms with Gasteiger partial charge in [0.1, 0.15) is 0 Å². The molecule has 2 heteroatoms. The van der Waals surface area contributed by atoms with Crippen LogP contribution in [0.4, 0.5) is 0 Å². The first-order valence-corrected chi connectivity index (χ1v) is 5.35. The van der Waals surface area contributed by atoms with Crippen LogP contribution < -0.4 is 0 Å². The molecule has 2 nitrogen and oxygen atoms in total. The Morgan fingerprint density at radius 3 is 1.67 bits per heavy atom. The smallest absolute Gasteiger partial charge is 0.0774 e. The Hall–Kier alpha value is -0.400. The van der Waals surface area contributed by atoms with Crippen LogP contribution in [0.3, 0.4) is 0 Å². The molecule has 0 radical (unpaired) electrons. The minimum atomic E-state index is 0.703. The number of azo groups is 1. The molecule has 12 heavy (non-hydrogen) atoms. The third-order valence-corrected chi connectivity index (χ3v) is 5.62. The van der Waals surface area contributed by atoms with E-state index >= 15 is 0 Å². The summed E-state index contributed by atoms with van der Waals surface area (Å²) in [5.41, 5.74) is 0. The highest BCUT2D eigenvalue weighted by Gasteiger charge is 2.75. The SMILES string of the molecule is C1C2C3CC4C1C1C2N=NC3C41. The summed E-state index contributed by atoms with van der Waals surface area (Å²) in [6, 6.07) is 1.41. The van der Waals surface area contributed by atoms with E-state index in [0.717, 1.165) is 35.5 Å². The van der Waals surface area contributed by atoms with Gasteiger partial charge in [-0.15, -0.1) is 0 Å². The van der Waals surface area contributed by atoms with E-state index in [4.69, 9.17) is 0 Å². The molecule has 0 aromatic rings. The molecule has 0 aromatic heterocycles. The van der Waals surface area contributed by atoms with Crippen molar-refractivity contribution >= 4 is 0 Å². The molecule has 4 aliphatic carbocycles. The van der Waals surface area contributed by atoms with Gasteiger partial charge in [-0.1, -0.05) is 0 Å². The first-order valence-electron chi connectivity index (χ1n) is 5.35. The molecule has 0 amide bonds. The van der Waals surface area contributed by atoms with Crippen LogP contribution in [0.1, 0.15) is 12.8 Å². The number of hydrogen-bond acceptors (Lipinski definition) is 2. The zero-order chi connectivity index (χ0) is 7.45. The standard InChI is InChI=1S/C10H12N2/c1-3-4-2-6-5(1)9-7(3)8(4)10(6)12-11-9/h3-10H,1-2H2. The Morgan fingerprint density at radius 2 is 1.17 bits per heavy atom. The van der Waals surface area contributed by atoms with E-state index in [0.29, 0.717) is 12.1 Å². The molecule has 0 N–H and O–H groups in total. The molecular weight excluding hydrogens is 148 g/mol. The van der Waals surface area contributed by atoms with Gasteiger partial charge >= 0.3 is 0 Å². The average molecular weight is 160 g/mol. The van der Waals surface area contributed by atoms with Gasteiger partial charge in [-0.2, -0.15) is 10.2 Å². The Balaban J connectivity index is 1.89. The van der Waals surface area contributed by atoms with E-state index in [1.165, 1.54) is 12.8 Å². The minimum Gasteiger partial charge on any atom is -0.190 e. The highest BCUT2D eigenvalue weighted by molar-refractivity contribution is 5.25. The van der Waals surface area contributed by atoms with Gasteiger partial charge in [-0.25, -0.2) is 0 Å². The van der Waals surface area contributed by atoms with Crippen molar-refractivity contribution in [3.8, 4) is 0 Å². The fraction of sp³-hybridized carbons (Fsp3) is 1.00. The van der Waals surface area contributed by atoms with Crippen LogP contribution in [0.15, 0.2) is 10.2 Å². The quantitative estimate of drug-likeness (QED) is 0.515. The van der Waals surface area contributed by atoms with Crippen LogP contribution in [0, 0.1) is 35.5 Å². The topological polar surface area (TPSA) is 24.7 Å².